The first-order valence-electron chi connectivity index (χ1n) is 8.80. The van der Waals surface area contributed by atoms with Crippen molar-refractivity contribution in [1.82, 2.24) is 9.88 Å². The lowest BCUT2D eigenvalue weighted by molar-refractivity contribution is -0.0636. The highest BCUT2D eigenvalue weighted by Gasteiger charge is 2.47. The molecule has 2 saturated heterocycles. The van der Waals surface area contributed by atoms with Gasteiger partial charge in [-0.05, 0) is 56.0 Å². The molecule has 0 radical (unpaired) electrons. The zero-order valence-electron chi connectivity index (χ0n) is 14.6. The third-order valence-corrected chi connectivity index (χ3v) is 5.40. The summed E-state index contributed by atoms with van der Waals surface area (Å²) in [5.41, 5.74) is 3.91. The van der Waals surface area contributed by atoms with Crippen molar-refractivity contribution in [2.75, 3.05) is 12.4 Å². The summed E-state index contributed by atoms with van der Waals surface area (Å²) < 4.78 is 5.45. The van der Waals surface area contributed by atoms with Gasteiger partial charge in [0.2, 0.25) is 0 Å². The van der Waals surface area contributed by atoms with E-state index >= 15 is 0 Å². The highest BCUT2D eigenvalue weighted by Crippen LogP contribution is 2.39. The first-order chi connectivity index (χ1) is 12.2. The number of amides is 2. The predicted molar refractivity (Wildman–Crippen MR) is 99.6 cm³/mol. The van der Waals surface area contributed by atoms with Gasteiger partial charge in [-0.25, -0.2) is 4.79 Å². The lowest BCUT2D eigenvalue weighted by Crippen LogP contribution is -2.65. The lowest BCUT2D eigenvalue weighted by atomic mass is 9.78. The van der Waals surface area contributed by atoms with Gasteiger partial charge in [-0.1, -0.05) is 12.1 Å². The van der Waals surface area contributed by atoms with Crippen LogP contribution in [0.4, 0.5) is 10.5 Å². The molecule has 1 aliphatic carbocycles. The van der Waals surface area contributed by atoms with Crippen LogP contribution in [0.25, 0.3) is 11.3 Å². The first kappa shape index (κ1) is 16.1. The molecular formula is C20H25N3O2. The zero-order valence-corrected chi connectivity index (χ0v) is 14.6. The summed E-state index contributed by atoms with van der Waals surface area (Å²) in [7, 11) is 1.76. The van der Waals surface area contributed by atoms with E-state index in [9.17, 15) is 4.79 Å². The van der Waals surface area contributed by atoms with Gasteiger partial charge in [0.1, 0.15) is 0 Å². The number of pyridine rings is 1. The van der Waals surface area contributed by atoms with Crippen molar-refractivity contribution >= 4 is 11.7 Å². The van der Waals surface area contributed by atoms with Crippen molar-refractivity contribution in [3.8, 4) is 11.3 Å². The molecule has 132 valence electrons. The number of carbonyl (C=O) groups excluding carboxylic acids is 1. The second-order valence-corrected chi connectivity index (χ2v) is 6.95. The van der Waals surface area contributed by atoms with Gasteiger partial charge in [-0.3, -0.25) is 4.98 Å². The van der Waals surface area contributed by atoms with E-state index in [-0.39, 0.29) is 7.46 Å². The maximum atomic E-state index is 12.7. The Bertz CT molecular complexity index is 772. The van der Waals surface area contributed by atoms with Gasteiger partial charge < -0.3 is 15.0 Å². The molecule has 5 nitrogen and oxygen atoms in total. The molecule has 3 heterocycles. The van der Waals surface area contributed by atoms with E-state index < -0.39 is 0 Å². The summed E-state index contributed by atoms with van der Waals surface area (Å²) in [6.07, 6.45) is 5.05. The maximum Gasteiger partial charge on any atom is 0.322 e. The van der Waals surface area contributed by atoms with E-state index in [2.05, 4.69) is 17.2 Å². The average Bonchev–Trinajstić information content (AvgIpc) is 2.64. The summed E-state index contributed by atoms with van der Waals surface area (Å²) in [5.74, 6) is 0. The van der Waals surface area contributed by atoms with E-state index in [0.29, 0.717) is 18.2 Å². The van der Waals surface area contributed by atoms with Crippen LogP contribution in [0.3, 0.4) is 0 Å². The monoisotopic (exact) mass is 339 g/mol. The number of aromatic nitrogens is 1. The lowest BCUT2D eigenvalue weighted by Gasteiger charge is -2.54. The van der Waals surface area contributed by atoms with E-state index in [0.717, 1.165) is 41.8 Å². The molecule has 2 unspecified atom stereocenters. The van der Waals surface area contributed by atoms with Crippen molar-refractivity contribution in [3.63, 3.8) is 0 Å². The fourth-order valence-corrected chi connectivity index (χ4v) is 4.03. The summed E-state index contributed by atoms with van der Waals surface area (Å²) in [6.45, 7) is 2.06. The number of fused-ring (bicyclic) bond motifs is 2. The zero-order chi connectivity index (χ0) is 17.4. The van der Waals surface area contributed by atoms with Crippen LogP contribution in [0.1, 0.15) is 26.3 Å². The van der Waals surface area contributed by atoms with Crippen LogP contribution >= 0.6 is 0 Å². The van der Waals surface area contributed by atoms with Crippen LogP contribution < -0.4 is 5.32 Å². The molecule has 2 aromatic rings. The fourth-order valence-electron chi connectivity index (χ4n) is 4.03. The van der Waals surface area contributed by atoms with E-state index in [1.165, 1.54) is 0 Å². The minimum absolute atomic E-state index is 0. The van der Waals surface area contributed by atoms with Gasteiger partial charge in [0, 0.05) is 38.1 Å². The first-order valence-corrected chi connectivity index (χ1v) is 8.80. The number of aryl methyl sites for hydroxylation is 1. The Kier molecular flexibility index (Phi) is 4.17. The van der Waals surface area contributed by atoms with Crippen LogP contribution in [-0.4, -0.2) is 41.2 Å². The van der Waals surface area contributed by atoms with Gasteiger partial charge in [0.05, 0.1) is 11.8 Å². The molecule has 5 heteroatoms. The SMILES string of the molecule is COC1CC2CC(C1)N2C(=O)Nc1ccc(C)c(-c2ccccn2)c1.[HH]. The molecule has 2 amide bonds. The number of carbonyl (C=O) groups is 1. The number of rotatable bonds is 3. The van der Waals surface area contributed by atoms with E-state index in [4.69, 9.17) is 4.74 Å². The summed E-state index contributed by atoms with van der Waals surface area (Å²) >= 11 is 0. The van der Waals surface area contributed by atoms with Crippen LogP contribution in [0.5, 0.6) is 0 Å². The van der Waals surface area contributed by atoms with Crippen molar-refractivity contribution in [2.45, 2.75) is 44.4 Å². The fraction of sp³-hybridized carbons (Fsp3) is 0.400. The number of nitrogens with one attached hydrogen (secondary N) is 1. The molecule has 1 aromatic heterocycles. The molecule has 25 heavy (non-hydrogen) atoms. The molecule has 5 rings (SSSR count). The van der Waals surface area contributed by atoms with E-state index in [1.54, 1.807) is 13.3 Å². The molecule has 0 spiro atoms. The molecule has 3 aliphatic rings. The minimum Gasteiger partial charge on any atom is -0.381 e. The molecular weight excluding hydrogens is 314 g/mol. The Hall–Kier alpha value is -2.40. The molecule has 1 saturated carbocycles. The van der Waals surface area contributed by atoms with Crippen molar-refractivity contribution in [1.29, 1.82) is 0 Å². The number of piperidine rings is 1. The van der Waals surface area contributed by atoms with Crippen molar-refractivity contribution in [3.05, 3.63) is 48.2 Å². The van der Waals surface area contributed by atoms with Crippen LogP contribution in [0, 0.1) is 6.92 Å². The highest BCUT2D eigenvalue weighted by molar-refractivity contribution is 5.91. The second-order valence-electron chi connectivity index (χ2n) is 6.95. The average molecular weight is 339 g/mol. The summed E-state index contributed by atoms with van der Waals surface area (Å²) in [6, 6.07) is 12.5. The molecule has 1 aromatic carbocycles. The number of hydrogen-bond donors (Lipinski definition) is 1. The largest absolute Gasteiger partial charge is 0.381 e. The Morgan fingerprint density at radius 1 is 1.24 bits per heavy atom. The number of nitrogens with zero attached hydrogens (tertiary/aromatic N) is 2. The van der Waals surface area contributed by atoms with Gasteiger partial charge in [-0.15, -0.1) is 0 Å². The van der Waals surface area contributed by atoms with Gasteiger partial charge in [0.25, 0.3) is 0 Å². The smallest absolute Gasteiger partial charge is 0.322 e. The minimum atomic E-state index is -0.00775. The number of anilines is 1. The molecule has 1 N–H and O–H groups in total. The topological polar surface area (TPSA) is 54.5 Å². The maximum absolute atomic E-state index is 12.7. The van der Waals surface area contributed by atoms with Crippen molar-refractivity contribution in [2.24, 2.45) is 0 Å². The van der Waals surface area contributed by atoms with Gasteiger partial charge in [-0.2, -0.15) is 0 Å². The van der Waals surface area contributed by atoms with Gasteiger partial charge in [0.15, 0.2) is 0 Å². The molecule has 2 aliphatic heterocycles. The number of benzene rings is 1. The summed E-state index contributed by atoms with van der Waals surface area (Å²) in [5, 5.41) is 3.06. The van der Waals surface area contributed by atoms with Gasteiger partial charge >= 0.3 is 6.03 Å². The Balaban J connectivity index is 0.00000196. The number of hydrogen-bond acceptors (Lipinski definition) is 3. The normalized spacial score (nSPS) is 24.6. The van der Waals surface area contributed by atoms with E-state index in [1.807, 2.05) is 41.3 Å². The highest BCUT2D eigenvalue weighted by atomic mass is 16.5. The van der Waals surface area contributed by atoms with Crippen LogP contribution in [-0.2, 0) is 4.74 Å². The molecule has 3 fully saturated rings. The van der Waals surface area contributed by atoms with Crippen LogP contribution in [0.2, 0.25) is 0 Å². The van der Waals surface area contributed by atoms with Crippen molar-refractivity contribution < 1.29 is 11.0 Å². The second kappa shape index (κ2) is 6.48. The Morgan fingerprint density at radius 3 is 2.72 bits per heavy atom. The third-order valence-electron chi connectivity index (χ3n) is 5.40. The number of urea groups is 1. The molecule has 2 atom stereocenters. The number of ether oxygens (including phenoxy) is 1. The summed E-state index contributed by atoms with van der Waals surface area (Å²) in [4.78, 5) is 19.1. The standard InChI is InChI=1S/C20H23N3O2.H2/c1-13-6-7-14(9-18(13)19-5-3-4-8-21-19)22-20(24)23-15-10-16(23)12-17(11-15)25-2;/h3-9,15-17H,10-12H2,1-2H3,(H,22,24);1H. The molecule has 2 bridgehead atoms. The Morgan fingerprint density at radius 2 is 2.04 bits per heavy atom. The number of methoxy groups -OCH3 is 1. The van der Waals surface area contributed by atoms with Crippen LogP contribution in [0.15, 0.2) is 42.6 Å². The predicted octanol–water partition coefficient (Wildman–Crippen LogP) is 4.09. The quantitative estimate of drug-likeness (QED) is 0.916. The Labute approximate surface area is 149 Å². The third kappa shape index (κ3) is 3.00.